The Bertz CT molecular complexity index is 1890. The molecule has 19 heteroatoms. The predicted octanol–water partition coefficient (Wildman–Crippen LogP) is 23.5. The summed E-state index contributed by atoms with van der Waals surface area (Å²) in [6.07, 6.45) is 59.6. The van der Waals surface area contributed by atoms with Crippen LogP contribution in [-0.4, -0.2) is 96.7 Å². The van der Waals surface area contributed by atoms with Gasteiger partial charge in [0.25, 0.3) is 0 Å². The second kappa shape index (κ2) is 70.7. The van der Waals surface area contributed by atoms with Gasteiger partial charge >= 0.3 is 39.5 Å². The molecular weight excluding hydrogens is 1280 g/mol. The molecule has 0 aromatic carbocycles. The fourth-order valence-electron chi connectivity index (χ4n) is 12.2. The van der Waals surface area contributed by atoms with Crippen LogP contribution in [0.3, 0.4) is 0 Å². The third kappa shape index (κ3) is 72.4. The van der Waals surface area contributed by atoms with Crippen molar-refractivity contribution in [2.24, 2.45) is 11.8 Å². The smallest absolute Gasteiger partial charge is 0.462 e. The van der Waals surface area contributed by atoms with Crippen LogP contribution in [0.25, 0.3) is 0 Å². The molecule has 0 fully saturated rings. The molecule has 0 bridgehead atoms. The van der Waals surface area contributed by atoms with E-state index in [1.165, 1.54) is 231 Å². The van der Waals surface area contributed by atoms with Crippen LogP contribution in [0.2, 0.25) is 0 Å². The molecule has 0 saturated heterocycles. The van der Waals surface area contributed by atoms with Crippen molar-refractivity contribution in [3.05, 3.63) is 0 Å². The summed E-state index contributed by atoms with van der Waals surface area (Å²) in [4.78, 5) is 73.0. The molecule has 3 N–H and O–H groups in total. The highest BCUT2D eigenvalue weighted by Gasteiger charge is 2.30. The summed E-state index contributed by atoms with van der Waals surface area (Å²) < 4.78 is 68.7. The van der Waals surface area contributed by atoms with Gasteiger partial charge in [0.2, 0.25) is 0 Å². The monoisotopic (exact) mass is 1440 g/mol. The third-order valence-corrected chi connectivity index (χ3v) is 20.4. The summed E-state index contributed by atoms with van der Waals surface area (Å²) in [5, 5.41) is 10.6. The number of rotatable bonds is 78. The first kappa shape index (κ1) is 96.1. The van der Waals surface area contributed by atoms with Crippen LogP contribution in [-0.2, 0) is 65.4 Å². The summed E-state index contributed by atoms with van der Waals surface area (Å²) in [5.41, 5.74) is 0. The summed E-state index contributed by atoms with van der Waals surface area (Å²) >= 11 is 0. The van der Waals surface area contributed by atoms with Crippen LogP contribution in [0.1, 0.15) is 414 Å². The summed E-state index contributed by atoms with van der Waals surface area (Å²) in [5.74, 6) is -0.592. The summed E-state index contributed by atoms with van der Waals surface area (Å²) in [7, 11) is -9.92. The molecule has 0 aliphatic carbocycles. The van der Waals surface area contributed by atoms with Crippen LogP contribution < -0.4 is 0 Å². The molecule has 0 saturated carbocycles. The molecule has 0 aliphatic heterocycles. The Labute approximate surface area is 600 Å². The number of carbonyl (C=O) groups excluding carboxylic acids is 4. The zero-order valence-electron chi connectivity index (χ0n) is 64.1. The van der Waals surface area contributed by atoms with E-state index in [4.69, 9.17) is 37.0 Å². The molecule has 0 rings (SSSR count). The maximum Gasteiger partial charge on any atom is 0.472 e. The molecule has 0 amide bonds. The number of aliphatic hydroxyl groups excluding tert-OH is 1. The average molecular weight is 1440 g/mol. The maximum atomic E-state index is 13.1. The highest BCUT2D eigenvalue weighted by molar-refractivity contribution is 7.47. The number of esters is 4. The highest BCUT2D eigenvalue weighted by atomic mass is 31.2. The molecule has 98 heavy (non-hydrogen) atoms. The SMILES string of the molecule is CCCCCCCCCCCCCCCCCCCC(=O)O[C@H](COC(=O)CCCCCCCCCCCCCCCC(C)C)COP(=O)(O)OC[C@@H](O)COP(=O)(O)OC[C@@H](COC(=O)CCCCCCCCCCC(C)C)OC(=O)CCCCCCCCCCCCCCCC. The molecular formula is C79H154O17P2. The van der Waals surface area contributed by atoms with Crippen molar-refractivity contribution in [3.63, 3.8) is 0 Å². The Balaban J connectivity index is 5.26. The lowest BCUT2D eigenvalue weighted by Crippen LogP contribution is -2.30. The second-order valence-corrected chi connectivity index (χ2v) is 32.3. The van der Waals surface area contributed by atoms with Crippen molar-refractivity contribution in [3.8, 4) is 0 Å². The zero-order valence-corrected chi connectivity index (χ0v) is 65.9. The normalized spacial score (nSPS) is 13.9. The first-order chi connectivity index (χ1) is 47.4. The molecule has 0 radical (unpaired) electrons. The van der Waals surface area contributed by atoms with Gasteiger partial charge in [-0.05, 0) is 37.5 Å². The van der Waals surface area contributed by atoms with Gasteiger partial charge in [-0.3, -0.25) is 37.3 Å². The van der Waals surface area contributed by atoms with E-state index in [0.717, 1.165) is 102 Å². The molecule has 0 aromatic rings. The lowest BCUT2D eigenvalue weighted by Gasteiger charge is -2.21. The van der Waals surface area contributed by atoms with Gasteiger partial charge in [-0.15, -0.1) is 0 Å². The van der Waals surface area contributed by atoms with Gasteiger partial charge in [-0.1, -0.05) is 363 Å². The minimum Gasteiger partial charge on any atom is -0.462 e. The number of unbranched alkanes of at least 4 members (excludes halogenated alkanes) is 48. The van der Waals surface area contributed by atoms with Gasteiger partial charge in [-0.2, -0.15) is 0 Å². The van der Waals surface area contributed by atoms with Crippen LogP contribution >= 0.6 is 15.6 Å². The first-order valence-corrected chi connectivity index (χ1v) is 44.0. The molecule has 0 aromatic heterocycles. The fraction of sp³-hybridized carbons (Fsp3) is 0.949. The standard InChI is InChI=1S/C79H154O17P2/c1-7-9-11-13-15-17-19-21-23-24-25-29-34-38-46-52-58-64-79(84)95-74(67-89-76(81)61-55-49-43-36-32-30-26-27-31-35-41-47-53-59-71(3)4)69-93-97(85,86)91-65-73(80)66-92-98(87,88)94-70-75(68-90-77(82)62-56-50-44-40-39-42-48-54-60-72(5)6)96-78(83)63-57-51-45-37-33-28-22-20-18-16-14-12-10-8-2/h71-75,80H,7-70H2,1-6H3,(H,85,86)(H,87,88)/t73-,74-,75-/m1/s1. The van der Waals surface area contributed by atoms with E-state index in [0.29, 0.717) is 25.7 Å². The lowest BCUT2D eigenvalue weighted by molar-refractivity contribution is -0.161. The number of carbonyl (C=O) groups is 4. The van der Waals surface area contributed by atoms with Crippen molar-refractivity contribution in [2.75, 3.05) is 39.6 Å². The summed E-state index contributed by atoms with van der Waals surface area (Å²) in [6, 6.07) is 0. The Hall–Kier alpha value is -1.94. The number of aliphatic hydroxyl groups is 1. The van der Waals surface area contributed by atoms with Gasteiger partial charge in [-0.25, -0.2) is 9.13 Å². The van der Waals surface area contributed by atoms with E-state index in [9.17, 15) is 43.2 Å². The first-order valence-electron chi connectivity index (χ1n) is 41.0. The van der Waals surface area contributed by atoms with Crippen LogP contribution in [0.15, 0.2) is 0 Å². The maximum absolute atomic E-state index is 13.1. The second-order valence-electron chi connectivity index (χ2n) is 29.4. The van der Waals surface area contributed by atoms with E-state index in [2.05, 4.69) is 41.5 Å². The van der Waals surface area contributed by atoms with Crippen LogP contribution in [0, 0.1) is 11.8 Å². The number of phosphoric ester groups is 2. The van der Waals surface area contributed by atoms with E-state index in [1.54, 1.807) is 0 Å². The fourth-order valence-corrected chi connectivity index (χ4v) is 13.8. The van der Waals surface area contributed by atoms with Crippen molar-refractivity contribution in [1.29, 1.82) is 0 Å². The molecule has 2 unspecified atom stereocenters. The lowest BCUT2D eigenvalue weighted by atomic mass is 10.0. The minimum atomic E-state index is -4.96. The molecule has 5 atom stereocenters. The van der Waals surface area contributed by atoms with Crippen molar-refractivity contribution in [2.45, 2.75) is 432 Å². The van der Waals surface area contributed by atoms with Crippen LogP contribution in [0.5, 0.6) is 0 Å². The highest BCUT2D eigenvalue weighted by Crippen LogP contribution is 2.45. The topological polar surface area (TPSA) is 237 Å². The van der Waals surface area contributed by atoms with Crippen LogP contribution in [0.4, 0.5) is 0 Å². The largest absolute Gasteiger partial charge is 0.472 e. The average Bonchev–Trinajstić information content (AvgIpc) is 1.00. The summed E-state index contributed by atoms with van der Waals surface area (Å²) in [6.45, 7) is 9.61. The molecule has 0 aliphatic rings. The number of hydrogen-bond donors (Lipinski definition) is 3. The Morgan fingerprint density at radius 1 is 0.276 bits per heavy atom. The van der Waals surface area contributed by atoms with Gasteiger partial charge in [0, 0.05) is 25.7 Å². The molecule has 582 valence electrons. The molecule has 0 spiro atoms. The van der Waals surface area contributed by atoms with Crippen molar-refractivity contribution >= 4 is 39.5 Å². The Kier molecular flexibility index (Phi) is 69.3. The van der Waals surface area contributed by atoms with E-state index in [1.807, 2.05) is 0 Å². The van der Waals surface area contributed by atoms with Gasteiger partial charge in [0.1, 0.15) is 19.3 Å². The number of phosphoric acid groups is 2. The molecule has 17 nitrogen and oxygen atoms in total. The van der Waals surface area contributed by atoms with Gasteiger partial charge in [0.15, 0.2) is 12.2 Å². The Morgan fingerprint density at radius 2 is 0.469 bits per heavy atom. The van der Waals surface area contributed by atoms with Gasteiger partial charge in [0.05, 0.1) is 26.4 Å². The van der Waals surface area contributed by atoms with E-state index >= 15 is 0 Å². The minimum absolute atomic E-state index is 0.107. The molecule has 0 heterocycles. The number of hydrogen-bond acceptors (Lipinski definition) is 15. The third-order valence-electron chi connectivity index (χ3n) is 18.5. The quantitative estimate of drug-likeness (QED) is 0.0222. The zero-order chi connectivity index (χ0) is 72.1. The van der Waals surface area contributed by atoms with Crippen molar-refractivity contribution in [1.82, 2.24) is 0 Å². The van der Waals surface area contributed by atoms with Gasteiger partial charge < -0.3 is 33.8 Å². The number of ether oxygens (including phenoxy) is 4. The predicted molar refractivity (Wildman–Crippen MR) is 400 cm³/mol. The van der Waals surface area contributed by atoms with E-state index in [-0.39, 0.29) is 25.7 Å². The van der Waals surface area contributed by atoms with Crippen molar-refractivity contribution < 1.29 is 80.2 Å². The Morgan fingerprint density at radius 3 is 0.694 bits per heavy atom. The van der Waals surface area contributed by atoms with E-state index < -0.39 is 97.5 Å².